The first-order valence-corrected chi connectivity index (χ1v) is 12.6. The van der Waals surface area contributed by atoms with E-state index in [-0.39, 0.29) is 43.1 Å². The summed E-state index contributed by atoms with van der Waals surface area (Å²) >= 11 is 0. The summed E-state index contributed by atoms with van der Waals surface area (Å²) in [6, 6.07) is 18.0. The largest absolute Gasteiger partial charge is 0.448 e. The van der Waals surface area contributed by atoms with Gasteiger partial charge in [-0.15, -0.1) is 0 Å². The van der Waals surface area contributed by atoms with E-state index in [0.717, 1.165) is 40.9 Å². The van der Waals surface area contributed by atoms with E-state index in [4.69, 9.17) is 4.74 Å². The van der Waals surface area contributed by atoms with E-state index in [2.05, 4.69) is 29.2 Å². The quantitative estimate of drug-likeness (QED) is 0.454. The fraction of sp³-hybridized carbons (Fsp3) is 0.379. The molecule has 3 aliphatic rings. The molecule has 2 aliphatic heterocycles. The predicted octanol–water partition coefficient (Wildman–Crippen LogP) is 6.25. The lowest BCUT2D eigenvalue weighted by atomic mass is 9.74. The smallest absolute Gasteiger partial charge is 0.417 e. The Kier molecular flexibility index (Phi) is 5.75. The fourth-order valence-electron chi connectivity index (χ4n) is 6.44. The first-order chi connectivity index (χ1) is 17.7. The number of hydrogen-bond donors (Lipinski definition) is 1. The van der Waals surface area contributed by atoms with Crippen LogP contribution in [-0.2, 0) is 16.5 Å². The standard InChI is InChI=1S/C29H27F3N2O3/c30-29(31,32)18-12-13-26(33-16-18)28(36)14-19-6-5-7-20(15-28)34(19)27(35)37-17-25-23-10-3-1-8-21(23)22-9-2-4-11-24(22)25/h1-4,8-13,16,19-20,25,36H,5-7,14-15,17H2. The van der Waals surface area contributed by atoms with Crippen molar-refractivity contribution in [2.45, 2.75) is 61.9 Å². The third-order valence-corrected chi connectivity index (χ3v) is 8.12. The molecule has 6 rings (SSSR count). The van der Waals surface area contributed by atoms with Gasteiger partial charge in [0.05, 0.1) is 11.3 Å². The second-order valence-electron chi connectivity index (χ2n) is 10.3. The third-order valence-electron chi connectivity index (χ3n) is 8.12. The number of amides is 1. The van der Waals surface area contributed by atoms with E-state index in [1.807, 2.05) is 24.3 Å². The van der Waals surface area contributed by atoms with Crippen LogP contribution in [0, 0.1) is 0 Å². The summed E-state index contributed by atoms with van der Waals surface area (Å²) < 4.78 is 44.8. The number of pyridine rings is 1. The molecule has 2 fully saturated rings. The highest BCUT2D eigenvalue weighted by atomic mass is 19.4. The molecular weight excluding hydrogens is 481 g/mol. The van der Waals surface area contributed by atoms with Crippen molar-refractivity contribution in [1.29, 1.82) is 0 Å². The summed E-state index contributed by atoms with van der Waals surface area (Å²) in [6.07, 6.45) is -1.39. The van der Waals surface area contributed by atoms with Gasteiger partial charge in [0.25, 0.3) is 0 Å². The number of rotatable bonds is 3. The Morgan fingerprint density at radius 2 is 1.57 bits per heavy atom. The molecule has 2 atom stereocenters. The van der Waals surface area contributed by atoms with Crippen LogP contribution in [0.15, 0.2) is 66.9 Å². The van der Waals surface area contributed by atoms with Gasteiger partial charge in [-0.1, -0.05) is 48.5 Å². The minimum absolute atomic E-state index is 0.0470. The number of halogens is 3. The van der Waals surface area contributed by atoms with Crippen molar-refractivity contribution >= 4 is 6.09 Å². The molecular formula is C29H27F3N2O3. The molecule has 1 amide bonds. The maximum absolute atomic E-state index is 13.4. The summed E-state index contributed by atoms with van der Waals surface area (Å²) in [6.45, 7) is 0.216. The molecule has 2 bridgehead atoms. The van der Waals surface area contributed by atoms with Gasteiger partial charge >= 0.3 is 12.3 Å². The normalized spacial score (nSPS) is 24.9. The van der Waals surface area contributed by atoms with Gasteiger partial charge in [-0.3, -0.25) is 4.98 Å². The van der Waals surface area contributed by atoms with Gasteiger partial charge in [-0.2, -0.15) is 13.2 Å². The Balaban J connectivity index is 1.18. The molecule has 0 radical (unpaired) electrons. The zero-order chi connectivity index (χ0) is 25.8. The Morgan fingerprint density at radius 1 is 0.973 bits per heavy atom. The number of aromatic nitrogens is 1. The first kappa shape index (κ1) is 24.0. The minimum atomic E-state index is -4.49. The number of ether oxygens (including phenoxy) is 1. The van der Waals surface area contributed by atoms with E-state index >= 15 is 0 Å². The number of fused-ring (bicyclic) bond motifs is 5. The van der Waals surface area contributed by atoms with E-state index in [1.165, 1.54) is 6.07 Å². The first-order valence-electron chi connectivity index (χ1n) is 12.6. The molecule has 1 aliphatic carbocycles. The third kappa shape index (κ3) is 4.17. The Morgan fingerprint density at radius 3 is 2.11 bits per heavy atom. The molecule has 37 heavy (non-hydrogen) atoms. The van der Waals surface area contributed by atoms with Gasteiger partial charge in [-0.05, 0) is 53.6 Å². The lowest BCUT2D eigenvalue weighted by Gasteiger charge is -2.51. The van der Waals surface area contributed by atoms with Crippen LogP contribution in [0.4, 0.5) is 18.0 Å². The summed E-state index contributed by atoms with van der Waals surface area (Å²) in [5.74, 6) is -0.0470. The fourth-order valence-corrected chi connectivity index (χ4v) is 6.44. The van der Waals surface area contributed by atoms with Gasteiger partial charge in [-0.25, -0.2) is 4.79 Å². The van der Waals surface area contributed by atoms with Gasteiger partial charge in [0, 0.05) is 37.0 Å². The van der Waals surface area contributed by atoms with Crippen molar-refractivity contribution in [1.82, 2.24) is 9.88 Å². The predicted molar refractivity (Wildman–Crippen MR) is 131 cm³/mol. The average molecular weight is 509 g/mol. The van der Waals surface area contributed by atoms with Crippen LogP contribution in [0.1, 0.15) is 60.4 Å². The maximum atomic E-state index is 13.4. The van der Waals surface area contributed by atoms with Crippen LogP contribution < -0.4 is 0 Å². The van der Waals surface area contributed by atoms with Gasteiger partial charge in [0.2, 0.25) is 0 Å². The molecule has 2 unspecified atom stereocenters. The number of alkyl halides is 3. The number of aliphatic hydroxyl groups is 1. The molecule has 8 heteroatoms. The monoisotopic (exact) mass is 508 g/mol. The van der Waals surface area contributed by atoms with Crippen molar-refractivity contribution < 1.29 is 27.8 Å². The van der Waals surface area contributed by atoms with Crippen molar-refractivity contribution in [3.63, 3.8) is 0 Å². The Bertz CT molecular complexity index is 1260. The number of nitrogens with zero attached hydrogens (tertiary/aromatic N) is 2. The minimum Gasteiger partial charge on any atom is -0.448 e. The van der Waals surface area contributed by atoms with Crippen LogP contribution in [0.2, 0.25) is 0 Å². The van der Waals surface area contributed by atoms with Gasteiger partial charge in [0.15, 0.2) is 0 Å². The lowest BCUT2D eigenvalue weighted by molar-refractivity contribution is -0.138. The van der Waals surface area contributed by atoms with Crippen LogP contribution in [0.5, 0.6) is 0 Å². The van der Waals surface area contributed by atoms with Crippen LogP contribution in [0.3, 0.4) is 0 Å². The number of carbonyl (C=O) groups is 1. The highest BCUT2D eigenvalue weighted by Gasteiger charge is 2.49. The maximum Gasteiger partial charge on any atom is 0.417 e. The Labute approximate surface area is 212 Å². The Hall–Kier alpha value is -3.39. The van der Waals surface area contributed by atoms with E-state index < -0.39 is 23.4 Å². The lowest BCUT2D eigenvalue weighted by Crippen LogP contribution is -2.59. The zero-order valence-corrected chi connectivity index (χ0v) is 20.1. The van der Waals surface area contributed by atoms with E-state index in [1.54, 1.807) is 4.90 Å². The summed E-state index contributed by atoms with van der Waals surface area (Å²) in [7, 11) is 0. The second-order valence-corrected chi connectivity index (χ2v) is 10.3. The van der Waals surface area contributed by atoms with Crippen molar-refractivity contribution in [2.24, 2.45) is 0 Å². The highest BCUT2D eigenvalue weighted by molar-refractivity contribution is 5.79. The van der Waals surface area contributed by atoms with Crippen LogP contribution in [-0.4, -0.2) is 39.8 Å². The van der Waals surface area contributed by atoms with Crippen molar-refractivity contribution in [2.75, 3.05) is 6.61 Å². The van der Waals surface area contributed by atoms with Crippen LogP contribution >= 0.6 is 0 Å². The molecule has 0 spiro atoms. The molecule has 2 aromatic carbocycles. The number of benzene rings is 2. The zero-order valence-electron chi connectivity index (χ0n) is 20.1. The molecule has 2 saturated heterocycles. The average Bonchev–Trinajstić information content (AvgIpc) is 3.20. The van der Waals surface area contributed by atoms with E-state index in [9.17, 15) is 23.1 Å². The van der Waals surface area contributed by atoms with Gasteiger partial charge in [0.1, 0.15) is 12.2 Å². The van der Waals surface area contributed by atoms with Gasteiger partial charge < -0.3 is 14.7 Å². The van der Waals surface area contributed by atoms with Crippen molar-refractivity contribution in [3.05, 3.63) is 89.2 Å². The molecule has 3 aromatic rings. The molecule has 1 N–H and O–H groups in total. The molecule has 5 nitrogen and oxygen atoms in total. The number of piperidine rings is 2. The summed E-state index contributed by atoms with van der Waals surface area (Å²) in [5, 5.41) is 11.4. The SMILES string of the molecule is O=C(OCC1c2ccccc2-c2ccccc21)N1C2CCCC1CC(O)(c1ccc(C(F)(F)F)cn1)C2. The molecule has 1 aromatic heterocycles. The van der Waals surface area contributed by atoms with Crippen molar-refractivity contribution in [3.8, 4) is 11.1 Å². The summed E-state index contributed by atoms with van der Waals surface area (Å²) in [5.41, 5.74) is 2.56. The van der Waals surface area contributed by atoms with Crippen LogP contribution in [0.25, 0.3) is 11.1 Å². The number of carbonyl (C=O) groups excluding carboxylic acids is 1. The van der Waals surface area contributed by atoms with E-state index in [0.29, 0.717) is 12.8 Å². The number of hydrogen-bond acceptors (Lipinski definition) is 4. The highest BCUT2D eigenvalue weighted by Crippen LogP contribution is 2.46. The molecule has 192 valence electrons. The second kappa shape index (κ2) is 8.87. The topological polar surface area (TPSA) is 62.7 Å². The molecule has 0 saturated carbocycles. The molecule has 3 heterocycles. The summed E-state index contributed by atoms with van der Waals surface area (Å²) in [4.78, 5) is 19.1.